The summed E-state index contributed by atoms with van der Waals surface area (Å²) in [7, 11) is 4.34. The van der Waals surface area contributed by atoms with Crippen LogP contribution in [0.5, 0.6) is 0 Å². The Kier molecular flexibility index (Phi) is 8.12. The predicted molar refractivity (Wildman–Crippen MR) is 191 cm³/mol. The minimum Gasteiger partial charge on any atom is -0.382 e. The highest BCUT2D eigenvalue weighted by molar-refractivity contribution is 6.08. The van der Waals surface area contributed by atoms with Gasteiger partial charge in [-0.3, -0.25) is 4.98 Å². The number of aryl methyl sites for hydroxylation is 2. The van der Waals surface area contributed by atoms with Crippen LogP contribution < -0.4 is 20.4 Å². The molecule has 1 unspecified atom stereocenters. The number of rotatable bonds is 9. The van der Waals surface area contributed by atoms with Gasteiger partial charge in [-0.15, -0.1) is 0 Å². The van der Waals surface area contributed by atoms with E-state index in [9.17, 15) is 0 Å². The van der Waals surface area contributed by atoms with Gasteiger partial charge >= 0.3 is 0 Å². The lowest BCUT2D eigenvalue weighted by Crippen LogP contribution is -2.15. The lowest BCUT2D eigenvalue weighted by atomic mass is 10.0. The summed E-state index contributed by atoms with van der Waals surface area (Å²) in [5.41, 5.74) is 10.4. The first-order valence-electron chi connectivity index (χ1n) is 15.4. The summed E-state index contributed by atoms with van der Waals surface area (Å²) in [5, 5.41) is 12.1. The molecule has 0 aliphatic carbocycles. The third-order valence-electron chi connectivity index (χ3n) is 8.72. The lowest BCUT2D eigenvalue weighted by molar-refractivity contribution is 0.765. The molecule has 0 saturated carbocycles. The second kappa shape index (κ2) is 12.3. The fourth-order valence-electron chi connectivity index (χ4n) is 6.07. The average molecular weight is 580 g/mol. The van der Waals surface area contributed by atoms with Crippen LogP contribution in [0.1, 0.15) is 31.4 Å². The van der Waals surface area contributed by atoms with Crippen molar-refractivity contribution in [2.45, 2.75) is 40.2 Å². The first-order chi connectivity index (χ1) is 21.4. The topological polar surface area (TPSA) is 43.4 Å². The van der Waals surface area contributed by atoms with Crippen LogP contribution in [0, 0.1) is 13.8 Å². The minimum atomic E-state index is 0.413. The Balaban J connectivity index is 1.38. The van der Waals surface area contributed by atoms with Crippen molar-refractivity contribution in [3.05, 3.63) is 121 Å². The molecule has 6 rings (SSSR count). The number of aromatic nitrogens is 1. The quantitative estimate of drug-likeness (QED) is 0.178. The molecule has 0 amide bonds. The Morgan fingerprint density at radius 1 is 0.636 bits per heavy atom. The van der Waals surface area contributed by atoms with Gasteiger partial charge in [-0.25, -0.2) is 0 Å². The molecule has 2 N–H and O–H groups in total. The number of nitrogens with one attached hydrogen (secondary N) is 2. The first kappa shape index (κ1) is 29.1. The highest BCUT2D eigenvalue weighted by Gasteiger charge is 2.18. The van der Waals surface area contributed by atoms with Crippen LogP contribution >= 0.6 is 0 Å². The molecule has 6 aromatic rings. The summed E-state index contributed by atoms with van der Waals surface area (Å²) in [5.74, 6) is 0. The summed E-state index contributed by atoms with van der Waals surface area (Å²) in [6.07, 6.45) is 4.72. The highest BCUT2D eigenvalue weighted by Crippen LogP contribution is 2.42. The van der Waals surface area contributed by atoms with Gasteiger partial charge in [-0.2, -0.15) is 0 Å². The number of hydrogen-bond acceptors (Lipinski definition) is 5. The van der Waals surface area contributed by atoms with Gasteiger partial charge in [0.1, 0.15) is 0 Å². The number of hydrogen-bond donors (Lipinski definition) is 2. The van der Waals surface area contributed by atoms with Crippen molar-refractivity contribution >= 4 is 61.4 Å². The van der Waals surface area contributed by atoms with Gasteiger partial charge in [0.2, 0.25) is 0 Å². The largest absolute Gasteiger partial charge is 0.382 e. The molecule has 1 atom stereocenters. The van der Waals surface area contributed by atoms with Gasteiger partial charge in [0.25, 0.3) is 0 Å². The normalized spacial score (nSPS) is 11.9. The molecule has 1 aromatic heterocycles. The number of anilines is 7. The molecule has 0 aliphatic heterocycles. The number of nitrogens with zero attached hydrogens (tertiary/aromatic N) is 3. The van der Waals surface area contributed by atoms with Crippen LogP contribution in [-0.2, 0) is 0 Å². The summed E-state index contributed by atoms with van der Waals surface area (Å²) in [4.78, 5) is 8.88. The molecule has 0 aliphatic rings. The van der Waals surface area contributed by atoms with E-state index in [-0.39, 0.29) is 0 Å². The van der Waals surface area contributed by atoms with E-state index in [0.717, 1.165) is 17.8 Å². The molecule has 0 spiro atoms. The molecule has 0 radical (unpaired) electrons. The van der Waals surface area contributed by atoms with Crippen molar-refractivity contribution in [2.75, 3.05) is 34.5 Å². The molecule has 44 heavy (non-hydrogen) atoms. The molecule has 5 nitrogen and oxygen atoms in total. The van der Waals surface area contributed by atoms with E-state index in [1.807, 2.05) is 18.3 Å². The fraction of sp³-hybridized carbons (Fsp3) is 0.205. The van der Waals surface area contributed by atoms with Crippen LogP contribution in [-0.4, -0.2) is 25.1 Å². The number of pyridine rings is 1. The van der Waals surface area contributed by atoms with Gasteiger partial charge in [-0.05, 0) is 86.8 Å². The third-order valence-corrected chi connectivity index (χ3v) is 8.72. The Hall–Kier alpha value is -5.03. The number of fused-ring (bicyclic) bond motifs is 2. The standard InChI is InChI=1S/C39H41N5/c1-7-28(4)41-34-18-19-36(31-15-9-8-14-30(31)34)43(5)37-20-21-38(33-17-11-10-16-32(33)37)44(6)39-24-26(2)35(23-27(39)3)42-29-13-12-22-40-25-29/h8-25,28,41-42H,7H2,1-6H3. The van der Waals surface area contributed by atoms with Crippen molar-refractivity contribution < 1.29 is 0 Å². The van der Waals surface area contributed by atoms with Gasteiger partial charge in [0.15, 0.2) is 0 Å². The van der Waals surface area contributed by atoms with Crippen LogP contribution in [0.2, 0.25) is 0 Å². The fourth-order valence-corrected chi connectivity index (χ4v) is 6.07. The number of benzene rings is 5. The van der Waals surface area contributed by atoms with Crippen LogP contribution in [0.25, 0.3) is 21.5 Å². The van der Waals surface area contributed by atoms with E-state index < -0.39 is 0 Å². The molecule has 0 fully saturated rings. The Labute approximate surface area is 261 Å². The smallest absolute Gasteiger partial charge is 0.0570 e. The summed E-state index contributed by atoms with van der Waals surface area (Å²) in [6, 6.07) is 35.3. The van der Waals surface area contributed by atoms with Crippen LogP contribution in [0.3, 0.4) is 0 Å². The van der Waals surface area contributed by atoms with Crippen molar-refractivity contribution in [3.63, 3.8) is 0 Å². The van der Waals surface area contributed by atoms with Crippen LogP contribution in [0.15, 0.2) is 109 Å². The summed E-state index contributed by atoms with van der Waals surface area (Å²) < 4.78 is 0. The van der Waals surface area contributed by atoms with E-state index in [2.05, 4.69) is 152 Å². The summed E-state index contributed by atoms with van der Waals surface area (Å²) >= 11 is 0. The van der Waals surface area contributed by atoms with Crippen molar-refractivity contribution in [1.82, 2.24) is 4.98 Å². The minimum absolute atomic E-state index is 0.413. The van der Waals surface area contributed by atoms with E-state index in [4.69, 9.17) is 0 Å². The second-order valence-corrected chi connectivity index (χ2v) is 11.7. The maximum Gasteiger partial charge on any atom is 0.0570 e. The van der Waals surface area contributed by atoms with Crippen molar-refractivity contribution in [3.8, 4) is 0 Å². The van der Waals surface area contributed by atoms with Gasteiger partial charge < -0.3 is 20.4 Å². The molecule has 5 aromatic carbocycles. The molecule has 1 heterocycles. The monoisotopic (exact) mass is 579 g/mol. The molecule has 5 heteroatoms. The zero-order valence-corrected chi connectivity index (χ0v) is 26.5. The van der Waals surface area contributed by atoms with E-state index >= 15 is 0 Å². The highest BCUT2D eigenvalue weighted by atomic mass is 15.1. The van der Waals surface area contributed by atoms with E-state index in [0.29, 0.717) is 6.04 Å². The Morgan fingerprint density at radius 3 is 1.80 bits per heavy atom. The van der Waals surface area contributed by atoms with Crippen molar-refractivity contribution in [1.29, 1.82) is 0 Å². The predicted octanol–water partition coefficient (Wildman–Crippen LogP) is 10.5. The molecular weight excluding hydrogens is 538 g/mol. The molecular formula is C39H41N5. The zero-order chi connectivity index (χ0) is 30.8. The van der Waals surface area contributed by atoms with E-state index in [1.54, 1.807) is 6.20 Å². The third kappa shape index (κ3) is 5.53. The average Bonchev–Trinajstić information content (AvgIpc) is 3.05. The Bertz CT molecular complexity index is 1930. The summed E-state index contributed by atoms with van der Waals surface area (Å²) in [6.45, 7) is 8.78. The van der Waals surface area contributed by atoms with Gasteiger partial charge in [0, 0.05) is 82.0 Å². The maximum atomic E-state index is 4.24. The lowest BCUT2D eigenvalue weighted by Gasteiger charge is -2.28. The first-order valence-corrected chi connectivity index (χ1v) is 15.4. The van der Waals surface area contributed by atoms with Gasteiger partial charge in [0.05, 0.1) is 11.9 Å². The molecule has 0 bridgehead atoms. The second-order valence-electron chi connectivity index (χ2n) is 11.7. The van der Waals surface area contributed by atoms with E-state index in [1.165, 1.54) is 61.1 Å². The van der Waals surface area contributed by atoms with Crippen molar-refractivity contribution in [2.24, 2.45) is 0 Å². The molecule has 0 saturated heterocycles. The SMILES string of the molecule is CCC(C)Nc1ccc(N(C)c2ccc(N(C)c3cc(C)c(Nc4cccnc4)cc3C)c3ccccc23)c2ccccc12. The maximum absolute atomic E-state index is 4.24. The molecule has 222 valence electrons. The van der Waals surface area contributed by atoms with Gasteiger partial charge in [-0.1, -0.05) is 55.5 Å². The zero-order valence-electron chi connectivity index (χ0n) is 26.5. The Morgan fingerprint density at radius 2 is 1.20 bits per heavy atom. The van der Waals surface area contributed by atoms with Crippen LogP contribution in [0.4, 0.5) is 39.8 Å².